The summed E-state index contributed by atoms with van der Waals surface area (Å²) in [5, 5.41) is 2.99. The predicted octanol–water partition coefficient (Wildman–Crippen LogP) is 1.70. The number of rotatable bonds is 4. The van der Waals surface area contributed by atoms with Crippen molar-refractivity contribution in [1.29, 1.82) is 0 Å². The number of nitrogens with two attached hydrogens (primary N) is 1. The third-order valence-corrected chi connectivity index (χ3v) is 5.75. The number of aryl methyl sites for hydroxylation is 1. The Morgan fingerprint density at radius 3 is 2.53 bits per heavy atom. The van der Waals surface area contributed by atoms with Crippen LogP contribution >= 0.6 is 0 Å². The molecule has 0 heterocycles. The Labute approximate surface area is 115 Å². The van der Waals surface area contributed by atoms with E-state index in [1.807, 2.05) is 31.2 Å². The maximum Gasteiger partial charge on any atom is 0.152 e. The highest BCUT2D eigenvalue weighted by Crippen LogP contribution is 2.37. The van der Waals surface area contributed by atoms with Crippen molar-refractivity contribution >= 4 is 15.5 Å². The first-order chi connectivity index (χ1) is 8.87. The molecule has 1 aliphatic carbocycles. The van der Waals surface area contributed by atoms with Crippen molar-refractivity contribution in [2.24, 2.45) is 5.73 Å². The van der Waals surface area contributed by atoms with Crippen molar-refractivity contribution in [3.05, 3.63) is 29.8 Å². The van der Waals surface area contributed by atoms with Gasteiger partial charge in [0.2, 0.25) is 0 Å². The van der Waals surface area contributed by atoms with Gasteiger partial charge in [-0.25, -0.2) is 8.42 Å². The normalized spacial score (nSPS) is 27.4. The molecular weight excluding hydrogens is 260 g/mol. The van der Waals surface area contributed by atoms with Gasteiger partial charge in [0.1, 0.15) is 0 Å². The van der Waals surface area contributed by atoms with E-state index in [0.717, 1.165) is 18.5 Å². The van der Waals surface area contributed by atoms with Gasteiger partial charge in [-0.2, -0.15) is 0 Å². The van der Waals surface area contributed by atoms with Crippen LogP contribution < -0.4 is 11.1 Å². The molecule has 0 bridgehead atoms. The van der Waals surface area contributed by atoms with Crippen molar-refractivity contribution in [3.8, 4) is 0 Å². The molecule has 0 aliphatic heterocycles. The predicted molar refractivity (Wildman–Crippen MR) is 79.1 cm³/mol. The summed E-state index contributed by atoms with van der Waals surface area (Å²) < 4.78 is 23.9. The zero-order valence-electron chi connectivity index (χ0n) is 11.5. The maximum absolute atomic E-state index is 12.0. The zero-order valence-corrected chi connectivity index (χ0v) is 12.3. The Morgan fingerprint density at radius 1 is 1.37 bits per heavy atom. The second-order valence-corrected chi connectivity index (χ2v) is 7.79. The van der Waals surface area contributed by atoms with Crippen molar-refractivity contribution in [1.82, 2.24) is 0 Å². The molecule has 0 spiro atoms. The lowest BCUT2D eigenvalue weighted by Crippen LogP contribution is -2.54. The summed E-state index contributed by atoms with van der Waals surface area (Å²) in [6.45, 7) is 2.36. The average molecular weight is 282 g/mol. The van der Waals surface area contributed by atoms with Crippen molar-refractivity contribution in [2.45, 2.75) is 37.0 Å². The molecular formula is C14H22N2O2S. The van der Waals surface area contributed by atoms with E-state index in [-0.39, 0.29) is 0 Å². The van der Waals surface area contributed by atoms with E-state index in [2.05, 4.69) is 5.32 Å². The molecule has 1 aromatic rings. The Balaban J connectivity index is 2.30. The van der Waals surface area contributed by atoms with E-state index in [9.17, 15) is 8.42 Å². The van der Waals surface area contributed by atoms with Crippen LogP contribution in [0.1, 0.15) is 24.8 Å². The highest BCUT2D eigenvalue weighted by molar-refractivity contribution is 7.91. The molecule has 19 heavy (non-hydrogen) atoms. The lowest BCUT2D eigenvalue weighted by atomic mass is 9.96. The van der Waals surface area contributed by atoms with Crippen LogP contribution in [0.25, 0.3) is 0 Å². The summed E-state index contributed by atoms with van der Waals surface area (Å²) in [5.41, 5.74) is 7.50. The van der Waals surface area contributed by atoms with E-state index in [1.165, 1.54) is 11.8 Å². The lowest BCUT2D eigenvalue weighted by Gasteiger charge is -2.35. The first-order valence-electron chi connectivity index (χ1n) is 6.61. The van der Waals surface area contributed by atoms with Crippen LogP contribution in [0, 0.1) is 6.92 Å². The van der Waals surface area contributed by atoms with Gasteiger partial charge in [0.15, 0.2) is 9.84 Å². The van der Waals surface area contributed by atoms with E-state index in [4.69, 9.17) is 5.73 Å². The summed E-state index contributed by atoms with van der Waals surface area (Å²) in [5.74, 6) is 0. The van der Waals surface area contributed by atoms with Gasteiger partial charge in [0.05, 0.1) is 10.8 Å². The molecule has 5 heteroatoms. The van der Waals surface area contributed by atoms with Crippen LogP contribution in [-0.2, 0) is 9.84 Å². The fraction of sp³-hybridized carbons (Fsp3) is 0.571. The third-order valence-electron chi connectivity index (χ3n) is 4.03. The highest BCUT2D eigenvalue weighted by Gasteiger charge is 2.47. The Bertz CT molecular complexity index is 539. The van der Waals surface area contributed by atoms with Crippen LogP contribution in [0.4, 0.5) is 5.69 Å². The van der Waals surface area contributed by atoms with Gasteiger partial charge in [-0.1, -0.05) is 17.7 Å². The fourth-order valence-electron chi connectivity index (χ4n) is 3.02. The van der Waals surface area contributed by atoms with Gasteiger partial charge in [-0.3, -0.25) is 0 Å². The van der Waals surface area contributed by atoms with E-state index in [1.54, 1.807) is 0 Å². The Kier molecular flexibility index (Phi) is 3.87. The fourth-order valence-corrected chi connectivity index (χ4v) is 4.70. The first-order valence-corrected chi connectivity index (χ1v) is 8.57. The highest BCUT2D eigenvalue weighted by atomic mass is 32.2. The van der Waals surface area contributed by atoms with E-state index in [0.29, 0.717) is 13.0 Å². The minimum Gasteiger partial charge on any atom is -0.377 e. The number of benzene rings is 1. The van der Waals surface area contributed by atoms with Crippen molar-refractivity contribution < 1.29 is 8.42 Å². The Hall–Kier alpha value is -1.07. The molecule has 2 rings (SSSR count). The number of sulfone groups is 1. The summed E-state index contributed by atoms with van der Waals surface area (Å²) in [6.07, 6.45) is 3.70. The van der Waals surface area contributed by atoms with Crippen molar-refractivity contribution in [2.75, 3.05) is 18.1 Å². The molecule has 1 fully saturated rings. The third kappa shape index (κ3) is 2.92. The Morgan fingerprint density at radius 2 is 2.00 bits per heavy atom. The molecule has 1 saturated carbocycles. The topological polar surface area (TPSA) is 72.2 Å². The molecule has 0 radical (unpaired) electrons. The molecule has 4 nitrogen and oxygen atoms in total. The first kappa shape index (κ1) is 14.3. The smallest absolute Gasteiger partial charge is 0.152 e. The van der Waals surface area contributed by atoms with Gasteiger partial charge in [-0.05, 0) is 38.3 Å². The molecule has 0 aromatic heterocycles. The van der Waals surface area contributed by atoms with Crippen LogP contribution in [0.5, 0.6) is 0 Å². The maximum atomic E-state index is 12.0. The molecule has 0 amide bonds. The molecule has 2 atom stereocenters. The lowest BCUT2D eigenvalue weighted by molar-refractivity contribution is 0.479. The van der Waals surface area contributed by atoms with Crippen LogP contribution in [0.3, 0.4) is 0 Å². The van der Waals surface area contributed by atoms with E-state index < -0.39 is 20.6 Å². The zero-order chi connectivity index (χ0) is 14.1. The van der Waals surface area contributed by atoms with E-state index >= 15 is 0 Å². The van der Waals surface area contributed by atoms with Crippen LogP contribution in [0.2, 0.25) is 0 Å². The molecule has 1 aromatic carbocycles. The summed E-state index contributed by atoms with van der Waals surface area (Å²) in [6, 6.07) is 7.97. The molecule has 2 unspecified atom stereocenters. The summed E-state index contributed by atoms with van der Waals surface area (Å²) >= 11 is 0. The standard InChI is InChI=1S/C14H22N2O2S/c1-11-5-7-12(8-6-11)16-14(10-15)9-3-4-13(14)19(2,17)18/h5-8,13,16H,3-4,9-10,15H2,1-2H3. The van der Waals surface area contributed by atoms with Gasteiger partial charge >= 0.3 is 0 Å². The second kappa shape index (κ2) is 5.13. The largest absolute Gasteiger partial charge is 0.377 e. The van der Waals surface area contributed by atoms with Gasteiger partial charge in [-0.15, -0.1) is 0 Å². The summed E-state index contributed by atoms with van der Waals surface area (Å²) in [7, 11) is -3.09. The van der Waals surface area contributed by atoms with Gasteiger partial charge < -0.3 is 11.1 Å². The average Bonchev–Trinajstić information content (AvgIpc) is 2.76. The number of hydrogen-bond acceptors (Lipinski definition) is 4. The molecule has 0 saturated heterocycles. The van der Waals surface area contributed by atoms with Gasteiger partial charge in [0, 0.05) is 18.5 Å². The minimum atomic E-state index is -3.09. The van der Waals surface area contributed by atoms with Crippen LogP contribution in [0.15, 0.2) is 24.3 Å². The second-order valence-electron chi connectivity index (χ2n) is 5.56. The van der Waals surface area contributed by atoms with Crippen LogP contribution in [-0.4, -0.2) is 32.0 Å². The van der Waals surface area contributed by atoms with Crippen molar-refractivity contribution in [3.63, 3.8) is 0 Å². The number of hydrogen-bond donors (Lipinski definition) is 2. The number of nitrogens with one attached hydrogen (secondary N) is 1. The molecule has 3 N–H and O–H groups in total. The number of anilines is 1. The quantitative estimate of drug-likeness (QED) is 0.881. The van der Waals surface area contributed by atoms with Gasteiger partial charge in [0.25, 0.3) is 0 Å². The minimum absolute atomic E-state index is 0.332. The monoisotopic (exact) mass is 282 g/mol. The molecule has 1 aliphatic rings. The SMILES string of the molecule is Cc1ccc(NC2(CN)CCCC2S(C)(=O)=O)cc1. The summed E-state index contributed by atoms with van der Waals surface area (Å²) in [4.78, 5) is 0. The molecule has 106 valence electrons.